The molecule has 190 valence electrons. The Morgan fingerprint density at radius 3 is 1.86 bits per heavy atom. The minimum absolute atomic E-state index is 0.132. The van der Waals surface area contributed by atoms with Crippen LogP contribution in [0.15, 0.2) is 66.8 Å². The van der Waals surface area contributed by atoms with Gasteiger partial charge in [0, 0.05) is 11.1 Å². The van der Waals surface area contributed by atoms with Crippen LogP contribution in [-0.4, -0.2) is 37.1 Å². The van der Waals surface area contributed by atoms with Gasteiger partial charge in [-0.2, -0.15) is 0 Å². The van der Waals surface area contributed by atoms with Crippen LogP contribution in [0.4, 0.5) is 0 Å². The number of esters is 4. The van der Waals surface area contributed by atoms with E-state index in [1.165, 1.54) is 13.0 Å². The predicted molar refractivity (Wildman–Crippen MR) is 133 cm³/mol. The largest absolute Gasteiger partial charge is 0.459 e. The zero-order valence-electron chi connectivity index (χ0n) is 21.1. The molecule has 0 aromatic heterocycles. The van der Waals surface area contributed by atoms with E-state index in [2.05, 4.69) is 13.2 Å². The van der Waals surface area contributed by atoms with Gasteiger partial charge in [0.1, 0.15) is 24.7 Å². The molecule has 0 radical (unpaired) electrons. The fraction of sp³-hybridized carbons (Fsp3) is 0.286. The molecular weight excluding hydrogens is 464 g/mol. The Kier molecular flexibility index (Phi) is 9.32. The molecule has 0 bridgehead atoms. The first kappa shape index (κ1) is 28.0. The molecule has 2 aromatic carbocycles. The van der Waals surface area contributed by atoms with E-state index in [0.717, 1.165) is 0 Å². The van der Waals surface area contributed by atoms with Crippen molar-refractivity contribution in [3.05, 3.63) is 72.3 Å². The second kappa shape index (κ2) is 12.0. The molecule has 0 N–H and O–H groups in total. The molecule has 2 rings (SSSR count). The van der Waals surface area contributed by atoms with E-state index in [4.69, 9.17) is 18.9 Å². The highest BCUT2D eigenvalue weighted by molar-refractivity contribution is 5.92. The topological polar surface area (TPSA) is 105 Å². The highest BCUT2D eigenvalue weighted by Crippen LogP contribution is 2.30. The molecule has 0 aliphatic rings. The molecule has 0 amide bonds. The van der Waals surface area contributed by atoms with Crippen LogP contribution in [0.25, 0.3) is 11.1 Å². The van der Waals surface area contributed by atoms with Gasteiger partial charge in [-0.1, -0.05) is 25.3 Å². The third kappa shape index (κ3) is 8.23. The fourth-order valence-electron chi connectivity index (χ4n) is 2.59. The molecule has 0 aliphatic heterocycles. The van der Waals surface area contributed by atoms with Crippen LogP contribution < -0.4 is 9.47 Å². The van der Waals surface area contributed by atoms with Crippen LogP contribution in [0.1, 0.15) is 45.0 Å². The third-order valence-corrected chi connectivity index (χ3v) is 4.61. The minimum atomic E-state index is -0.765. The Balaban J connectivity index is 2.29. The second-order valence-electron chi connectivity index (χ2n) is 9.13. The maximum atomic E-state index is 12.7. The van der Waals surface area contributed by atoms with Crippen molar-refractivity contribution in [1.29, 1.82) is 0 Å². The standard InChI is InChI=1S/C28H30O8/c1-17(2)24(29)33-12-13-34-26(31)21-14-20(15-23(16-21)36-27(32)28(5,6)7)19-8-10-22(11-9-19)35-25(30)18(3)4/h8-11,14-16H,1,3,12-13H2,2,4-7H3. The highest BCUT2D eigenvalue weighted by Gasteiger charge is 2.24. The van der Waals surface area contributed by atoms with Crippen molar-refractivity contribution in [2.45, 2.75) is 34.6 Å². The lowest BCUT2D eigenvalue weighted by molar-refractivity contribution is -0.143. The van der Waals surface area contributed by atoms with E-state index in [9.17, 15) is 19.2 Å². The van der Waals surface area contributed by atoms with Crippen molar-refractivity contribution in [2.24, 2.45) is 5.41 Å². The van der Waals surface area contributed by atoms with E-state index in [1.807, 2.05) is 0 Å². The van der Waals surface area contributed by atoms with Gasteiger partial charge in [-0.05, 0) is 76.1 Å². The minimum Gasteiger partial charge on any atom is -0.459 e. The lowest BCUT2D eigenvalue weighted by Crippen LogP contribution is -2.25. The maximum absolute atomic E-state index is 12.7. The zero-order valence-corrected chi connectivity index (χ0v) is 21.1. The Morgan fingerprint density at radius 2 is 1.31 bits per heavy atom. The molecule has 0 unspecified atom stereocenters. The quantitative estimate of drug-likeness (QED) is 0.206. The number of carbonyl (C=O) groups is 4. The number of hydrogen-bond acceptors (Lipinski definition) is 8. The number of carbonyl (C=O) groups excluding carboxylic acids is 4. The summed E-state index contributed by atoms with van der Waals surface area (Å²) >= 11 is 0. The molecule has 2 aromatic rings. The molecule has 0 saturated heterocycles. The summed E-state index contributed by atoms with van der Waals surface area (Å²) in [6, 6.07) is 11.2. The molecule has 0 saturated carbocycles. The number of rotatable bonds is 9. The first-order chi connectivity index (χ1) is 16.8. The molecule has 0 heterocycles. The molecule has 0 atom stereocenters. The highest BCUT2D eigenvalue weighted by atomic mass is 16.6. The average Bonchev–Trinajstić information content (AvgIpc) is 2.80. The van der Waals surface area contributed by atoms with Crippen LogP contribution in [0.3, 0.4) is 0 Å². The van der Waals surface area contributed by atoms with Gasteiger partial charge in [-0.3, -0.25) is 4.79 Å². The van der Waals surface area contributed by atoms with Crippen molar-refractivity contribution in [2.75, 3.05) is 13.2 Å². The van der Waals surface area contributed by atoms with Gasteiger partial charge in [0.25, 0.3) is 0 Å². The Labute approximate surface area is 210 Å². The lowest BCUT2D eigenvalue weighted by atomic mass is 9.97. The van der Waals surface area contributed by atoms with E-state index in [1.54, 1.807) is 64.1 Å². The molecule has 0 spiro atoms. The summed E-state index contributed by atoms with van der Waals surface area (Å²) in [5.74, 6) is -1.81. The summed E-state index contributed by atoms with van der Waals surface area (Å²) in [5.41, 5.74) is 1.10. The first-order valence-electron chi connectivity index (χ1n) is 11.1. The van der Waals surface area contributed by atoms with E-state index in [0.29, 0.717) is 16.9 Å². The molecule has 8 heteroatoms. The van der Waals surface area contributed by atoms with Crippen LogP contribution in [0.5, 0.6) is 11.5 Å². The molecule has 36 heavy (non-hydrogen) atoms. The van der Waals surface area contributed by atoms with Gasteiger partial charge in [0.15, 0.2) is 0 Å². The third-order valence-electron chi connectivity index (χ3n) is 4.61. The monoisotopic (exact) mass is 494 g/mol. The first-order valence-corrected chi connectivity index (χ1v) is 11.1. The summed E-state index contributed by atoms with van der Waals surface area (Å²) in [4.78, 5) is 48.3. The average molecular weight is 495 g/mol. The summed E-state index contributed by atoms with van der Waals surface area (Å²) in [6.07, 6.45) is 0. The number of hydrogen-bond donors (Lipinski definition) is 0. The molecular formula is C28H30O8. The number of benzene rings is 2. The van der Waals surface area contributed by atoms with Crippen molar-refractivity contribution < 1.29 is 38.1 Å². The Bertz CT molecular complexity index is 1180. The second-order valence-corrected chi connectivity index (χ2v) is 9.13. The summed E-state index contributed by atoms with van der Waals surface area (Å²) in [6.45, 7) is 14.9. The molecule has 0 aliphatic carbocycles. The van der Waals surface area contributed by atoms with Gasteiger partial charge >= 0.3 is 23.9 Å². The summed E-state index contributed by atoms with van der Waals surface area (Å²) < 4.78 is 20.9. The zero-order chi connectivity index (χ0) is 27.0. The van der Waals surface area contributed by atoms with Crippen molar-refractivity contribution in [3.8, 4) is 22.6 Å². The van der Waals surface area contributed by atoms with Crippen LogP contribution >= 0.6 is 0 Å². The Morgan fingerprint density at radius 1 is 0.722 bits per heavy atom. The Hall–Kier alpha value is -4.20. The SMILES string of the molecule is C=C(C)C(=O)OCCOC(=O)c1cc(OC(=O)C(C)(C)C)cc(-c2ccc(OC(=O)C(=C)C)cc2)c1. The fourth-order valence-corrected chi connectivity index (χ4v) is 2.59. The lowest BCUT2D eigenvalue weighted by Gasteiger charge is -2.17. The predicted octanol–water partition coefficient (Wildman–Crippen LogP) is 5.06. The maximum Gasteiger partial charge on any atom is 0.338 e. The van der Waals surface area contributed by atoms with Crippen LogP contribution in [-0.2, 0) is 23.9 Å². The normalized spacial score (nSPS) is 10.7. The molecule has 8 nitrogen and oxygen atoms in total. The van der Waals surface area contributed by atoms with Crippen molar-refractivity contribution >= 4 is 23.9 Å². The van der Waals surface area contributed by atoms with Crippen molar-refractivity contribution in [3.63, 3.8) is 0 Å². The van der Waals surface area contributed by atoms with E-state index < -0.39 is 29.3 Å². The smallest absolute Gasteiger partial charge is 0.338 e. The molecule has 0 fully saturated rings. The van der Waals surface area contributed by atoms with Crippen LogP contribution in [0.2, 0.25) is 0 Å². The number of ether oxygens (including phenoxy) is 4. The van der Waals surface area contributed by atoms with Gasteiger partial charge in [-0.25, -0.2) is 14.4 Å². The van der Waals surface area contributed by atoms with E-state index in [-0.39, 0.29) is 35.7 Å². The van der Waals surface area contributed by atoms with E-state index >= 15 is 0 Å². The van der Waals surface area contributed by atoms with Crippen LogP contribution in [0, 0.1) is 5.41 Å². The van der Waals surface area contributed by atoms with Gasteiger partial charge < -0.3 is 18.9 Å². The van der Waals surface area contributed by atoms with Gasteiger partial charge in [0.05, 0.1) is 11.0 Å². The van der Waals surface area contributed by atoms with Gasteiger partial charge in [0.2, 0.25) is 0 Å². The van der Waals surface area contributed by atoms with Crippen molar-refractivity contribution in [1.82, 2.24) is 0 Å². The summed E-state index contributed by atoms with van der Waals surface area (Å²) in [5, 5.41) is 0. The van der Waals surface area contributed by atoms with Gasteiger partial charge in [-0.15, -0.1) is 0 Å². The summed E-state index contributed by atoms with van der Waals surface area (Å²) in [7, 11) is 0.